The van der Waals surface area contributed by atoms with Crippen LogP contribution in [0.25, 0.3) is 0 Å². The van der Waals surface area contributed by atoms with E-state index in [9.17, 15) is 14.4 Å². The molecule has 2 rings (SSSR count). The quantitative estimate of drug-likeness (QED) is 0.803. The first-order valence-electron chi connectivity index (χ1n) is 9.09. The minimum Gasteiger partial charge on any atom is -0.450 e. The van der Waals surface area contributed by atoms with Gasteiger partial charge in [0.2, 0.25) is 11.8 Å². The van der Waals surface area contributed by atoms with E-state index in [-0.39, 0.29) is 28.9 Å². The molecule has 0 radical (unpaired) electrons. The normalized spacial score (nSPS) is 15.2. The summed E-state index contributed by atoms with van der Waals surface area (Å²) in [4.78, 5) is 39.7. The highest BCUT2D eigenvalue weighted by atomic mass is 32.2. The van der Waals surface area contributed by atoms with E-state index in [1.54, 1.807) is 16.7 Å². The third-order valence-electron chi connectivity index (χ3n) is 4.26. The van der Waals surface area contributed by atoms with Gasteiger partial charge in [-0.3, -0.25) is 9.59 Å². The standard InChI is InChI=1S/C19H27N3O4S/c1-4-26-19(25)22-11-9-21(10-12-22)18(24)15(3)27-13-17(23)20-16-7-5-14(2)6-8-16/h5-8,15H,4,9-13H2,1-3H3,(H,20,23). The van der Waals surface area contributed by atoms with Gasteiger partial charge in [0.05, 0.1) is 17.6 Å². The Morgan fingerprint density at radius 1 is 1.11 bits per heavy atom. The molecule has 1 fully saturated rings. The third kappa shape index (κ3) is 6.46. The smallest absolute Gasteiger partial charge is 0.409 e. The second-order valence-corrected chi connectivity index (χ2v) is 7.71. The first kappa shape index (κ1) is 21.1. The van der Waals surface area contributed by atoms with Gasteiger partial charge in [0.15, 0.2) is 0 Å². The number of aryl methyl sites for hydroxylation is 1. The number of piperazine rings is 1. The van der Waals surface area contributed by atoms with Crippen LogP contribution in [0.3, 0.4) is 0 Å². The van der Waals surface area contributed by atoms with Gasteiger partial charge >= 0.3 is 6.09 Å². The van der Waals surface area contributed by atoms with Crippen LogP contribution in [0.2, 0.25) is 0 Å². The summed E-state index contributed by atoms with van der Waals surface area (Å²) in [5, 5.41) is 2.51. The fraction of sp³-hybridized carbons (Fsp3) is 0.526. The molecule has 0 saturated carbocycles. The molecule has 27 heavy (non-hydrogen) atoms. The molecular formula is C19H27N3O4S. The lowest BCUT2D eigenvalue weighted by Gasteiger charge is -2.35. The van der Waals surface area contributed by atoms with Crippen molar-refractivity contribution in [2.24, 2.45) is 0 Å². The zero-order valence-electron chi connectivity index (χ0n) is 16.1. The summed E-state index contributed by atoms with van der Waals surface area (Å²) < 4.78 is 4.98. The van der Waals surface area contributed by atoms with Crippen LogP contribution in [0.15, 0.2) is 24.3 Å². The Bertz CT molecular complexity index is 657. The Morgan fingerprint density at radius 3 is 2.30 bits per heavy atom. The molecule has 148 valence electrons. The summed E-state index contributed by atoms with van der Waals surface area (Å²) in [6, 6.07) is 7.58. The average molecular weight is 394 g/mol. The van der Waals surface area contributed by atoms with Crippen LogP contribution in [-0.4, -0.2) is 71.5 Å². The van der Waals surface area contributed by atoms with Gasteiger partial charge in [0.25, 0.3) is 0 Å². The predicted octanol–water partition coefficient (Wildman–Crippen LogP) is 2.36. The highest BCUT2D eigenvalue weighted by Gasteiger charge is 2.27. The Labute approximate surface area is 164 Å². The zero-order chi connectivity index (χ0) is 19.8. The maximum atomic E-state index is 12.5. The largest absolute Gasteiger partial charge is 0.450 e. The van der Waals surface area contributed by atoms with Crippen molar-refractivity contribution in [3.05, 3.63) is 29.8 Å². The molecule has 8 heteroatoms. The molecule has 1 heterocycles. The molecule has 1 atom stereocenters. The monoisotopic (exact) mass is 393 g/mol. The van der Waals surface area contributed by atoms with Crippen molar-refractivity contribution < 1.29 is 19.1 Å². The summed E-state index contributed by atoms with van der Waals surface area (Å²) in [5.41, 5.74) is 1.88. The highest BCUT2D eigenvalue weighted by molar-refractivity contribution is 8.01. The van der Waals surface area contributed by atoms with Gasteiger partial charge in [-0.2, -0.15) is 0 Å². The molecule has 0 aliphatic carbocycles. The number of anilines is 1. The van der Waals surface area contributed by atoms with Crippen LogP contribution in [-0.2, 0) is 14.3 Å². The number of thioether (sulfide) groups is 1. The van der Waals surface area contributed by atoms with Gasteiger partial charge in [-0.15, -0.1) is 11.8 Å². The van der Waals surface area contributed by atoms with E-state index in [0.29, 0.717) is 32.8 Å². The summed E-state index contributed by atoms with van der Waals surface area (Å²) in [6.45, 7) is 7.81. The molecule has 0 aromatic heterocycles. The van der Waals surface area contributed by atoms with Gasteiger partial charge < -0.3 is 19.9 Å². The number of benzene rings is 1. The van der Waals surface area contributed by atoms with E-state index < -0.39 is 0 Å². The second-order valence-electron chi connectivity index (χ2n) is 6.38. The van der Waals surface area contributed by atoms with Crippen LogP contribution in [0.1, 0.15) is 19.4 Å². The van der Waals surface area contributed by atoms with Crippen molar-refractivity contribution in [1.82, 2.24) is 9.80 Å². The van der Waals surface area contributed by atoms with Gasteiger partial charge in [-0.1, -0.05) is 17.7 Å². The minimum atomic E-state index is -0.334. The van der Waals surface area contributed by atoms with Crippen LogP contribution in [0.5, 0.6) is 0 Å². The van der Waals surface area contributed by atoms with Crippen LogP contribution in [0, 0.1) is 6.92 Å². The molecule has 3 amide bonds. The van der Waals surface area contributed by atoms with E-state index in [4.69, 9.17) is 4.74 Å². The predicted molar refractivity (Wildman–Crippen MR) is 107 cm³/mol. The lowest BCUT2D eigenvalue weighted by Crippen LogP contribution is -2.52. The second kappa shape index (κ2) is 10.2. The maximum absolute atomic E-state index is 12.5. The minimum absolute atomic E-state index is 0.00774. The molecule has 1 N–H and O–H groups in total. The van der Waals surface area contributed by atoms with Gasteiger partial charge in [0.1, 0.15) is 0 Å². The number of nitrogens with one attached hydrogen (secondary N) is 1. The number of amides is 3. The van der Waals surface area contributed by atoms with E-state index in [1.807, 2.05) is 38.1 Å². The van der Waals surface area contributed by atoms with Gasteiger partial charge in [0, 0.05) is 31.9 Å². The number of rotatable bonds is 6. The van der Waals surface area contributed by atoms with Gasteiger partial charge in [-0.05, 0) is 32.9 Å². The van der Waals surface area contributed by atoms with Crippen LogP contribution in [0.4, 0.5) is 10.5 Å². The van der Waals surface area contributed by atoms with Crippen LogP contribution < -0.4 is 5.32 Å². The number of nitrogens with zero attached hydrogens (tertiary/aromatic N) is 2. The van der Waals surface area contributed by atoms with Crippen molar-refractivity contribution in [2.45, 2.75) is 26.0 Å². The molecule has 1 aromatic carbocycles. The van der Waals surface area contributed by atoms with E-state index in [2.05, 4.69) is 5.32 Å². The zero-order valence-corrected chi connectivity index (χ0v) is 16.9. The van der Waals surface area contributed by atoms with Crippen molar-refractivity contribution in [2.75, 3.05) is 43.9 Å². The number of carbonyl (C=O) groups is 3. The third-order valence-corrected chi connectivity index (χ3v) is 5.40. The first-order valence-corrected chi connectivity index (χ1v) is 10.1. The Hall–Kier alpha value is -2.22. The number of ether oxygens (including phenoxy) is 1. The molecule has 1 unspecified atom stereocenters. The fourth-order valence-corrected chi connectivity index (χ4v) is 3.45. The Kier molecular flexibility index (Phi) is 7.97. The van der Waals surface area contributed by atoms with E-state index in [0.717, 1.165) is 11.3 Å². The summed E-state index contributed by atoms with van der Waals surface area (Å²) in [6.07, 6.45) is -0.334. The molecule has 0 spiro atoms. The number of carbonyl (C=O) groups excluding carboxylic acids is 3. The number of hydrogen-bond donors (Lipinski definition) is 1. The fourth-order valence-electron chi connectivity index (χ4n) is 2.69. The molecule has 7 nitrogen and oxygen atoms in total. The SMILES string of the molecule is CCOC(=O)N1CCN(C(=O)C(C)SCC(=O)Nc2ccc(C)cc2)CC1. The average Bonchev–Trinajstić information content (AvgIpc) is 2.67. The van der Waals surface area contributed by atoms with Crippen molar-refractivity contribution >= 4 is 35.4 Å². The van der Waals surface area contributed by atoms with Crippen molar-refractivity contribution in [1.29, 1.82) is 0 Å². The van der Waals surface area contributed by atoms with E-state index >= 15 is 0 Å². The van der Waals surface area contributed by atoms with Gasteiger partial charge in [-0.25, -0.2) is 4.79 Å². The number of hydrogen-bond acceptors (Lipinski definition) is 5. The molecule has 1 aliphatic rings. The molecular weight excluding hydrogens is 366 g/mol. The molecule has 1 saturated heterocycles. The topological polar surface area (TPSA) is 79.0 Å². The Morgan fingerprint density at radius 2 is 1.70 bits per heavy atom. The van der Waals surface area contributed by atoms with E-state index in [1.165, 1.54) is 11.8 Å². The molecule has 1 aliphatic heterocycles. The summed E-state index contributed by atoms with van der Waals surface area (Å²) in [5.74, 6) is 0.0751. The lowest BCUT2D eigenvalue weighted by atomic mass is 10.2. The lowest BCUT2D eigenvalue weighted by molar-refractivity contribution is -0.131. The Balaban J connectivity index is 1.73. The molecule has 1 aromatic rings. The van der Waals surface area contributed by atoms with Crippen LogP contribution >= 0.6 is 11.8 Å². The molecule has 0 bridgehead atoms. The summed E-state index contributed by atoms with van der Waals surface area (Å²) in [7, 11) is 0. The maximum Gasteiger partial charge on any atom is 0.409 e. The first-order chi connectivity index (χ1) is 12.9. The highest BCUT2D eigenvalue weighted by Crippen LogP contribution is 2.16. The van der Waals surface area contributed by atoms with Crippen molar-refractivity contribution in [3.63, 3.8) is 0 Å². The summed E-state index contributed by atoms with van der Waals surface area (Å²) >= 11 is 1.32. The van der Waals surface area contributed by atoms with Crippen molar-refractivity contribution in [3.8, 4) is 0 Å².